The molecule has 0 aliphatic rings. The van der Waals surface area contributed by atoms with Crippen LogP contribution in [0.15, 0.2) is 47.4 Å². The molecule has 0 saturated carbocycles. The summed E-state index contributed by atoms with van der Waals surface area (Å²) >= 11 is 1.76. The van der Waals surface area contributed by atoms with Crippen LogP contribution in [0.4, 0.5) is 0 Å². The Hall–Kier alpha value is -1.49. The maximum atomic E-state index is 9.16. The summed E-state index contributed by atoms with van der Waals surface area (Å²) in [5.74, 6) is 2.49. The van der Waals surface area contributed by atoms with E-state index in [1.54, 1.807) is 11.8 Å². The van der Waals surface area contributed by atoms with Crippen LogP contribution in [0.1, 0.15) is 18.1 Å². The fraction of sp³-hybridized carbons (Fsp3) is 0.250. The number of ether oxygens (including phenoxy) is 1. The number of hydrogen-bond donors (Lipinski definition) is 2. The van der Waals surface area contributed by atoms with Crippen molar-refractivity contribution in [1.29, 1.82) is 0 Å². The summed E-state index contributed by atoms with van der Waals surface area (Å²) in [6, 6.07) is 13.4. The van der Waals surface area contributed by atoms with Gasteiger partial charge in [0, 0.05) is 17.0 Å². The molecule has 2 aromatic carbocycles. The van der Waals surface area contributed by atoms with Crippen LogP contribution in [0.25, 0.3) is 0 Å². The Morgan fingerprint density at radius 2 is 2.00 bits per heavy atom. The van der Waals surface area contributed by atoms with Crippen LogP contribution < -0.4 is 10.5 Å². The highest BCUT2D eigenvalue weighted by Gasteiger charge is 2.09. The lowest BCUT2D eigenvalue weighted by atomic mass is 10.2. The molecule has 0 bridgehead atoms. The number of aliphatic hydroxyl groups is 1. The molecule has 0 spiro atoms. The van der Waals surface area contributed by atoms with E-state index < -0.39 is 0 Å². The molecule has 0 atom stereocenters. The summed E-state index contributed by atoms with van der Waals surface area (Å²) in [4.78, 5) is 1.16. The maximum absolute atomic E-state index is 9.16. The fourth-order valence-electron chi connectivity index (χ4n) is 1.97. The first kappa shape index (κ1) is 14.9. The van der Waals surface area contributed by atoms with E-state index in [9.17, 15) is 0 Å². The van der Waals surface area contributed by atoms with Crippen molar-refractivity contribution in [3.8, 4) is 11.5 Å². The van der Waals surface area contributed by atoms with E-state index in [2.05, 4.69) is 13.0 Å². The zero-order valence-corrected chi connectivity index (χ0v) is 12.3. The van der Waals surface area contributed by atoms with Gasteiger partial charge in [-0.1, -0.05) is 25.1 Å². The highest BCUT2D eigenvalue weighted by Crippen LogP contribution is 2.32. The molecule has 0 radical (unpaired) electrons. The molecule has 3 N–H and O–H groups in total. The first-order valence-electron chi connectivity index (χ1n) is 6.61. The van der Waals surface area contributed by atoms with Gasteiger partial charge in [0.15, 0.2) is 0 Å². The second-order valence-corrected chi connectivity index (χ2v) is 5.58. The third-order valence-corrected chi connectivity index (χ3v) is 3.89. The Balaban J connectivity index is 2.30. The summed E-state index contributed by atoms with van der Waals surface area (Å²) in [5.41, 5.74) is 7.71. The topological polar surface area (TPSA) is 55.5 Å². The predicted molar refractivity (Wildman–Crippen MR) is 83.2 cm³/mol. The molecule has 0 fully saturated rings. The molecule has 3 nitrogen and oxygen atoms in total. The largest absolute Gasteiger partial charge is 0.457 e. The van der Waals surface area contributed by atoms with Gasteiger partial charge in [-0.15, -0.1) is 11.8 Å². The van der Waals surface area contributed by atoms with E-state index in [1.165, 1.54) is 0 Å². The molecule has 0 aliphatic carbocycles. The molecule has 0 heterocycles. The molecular formula is C16H19NO2S. The summed E-state index contributed by atoms with van der Waals surface area (Å²) in [6.07, 6.45) is 0. The fourth-order valence-corrected chi connectivity index (χ4v) is 2.81. The molecule has 4 heteroatoms. The number of thioether (sulfide) groups is 1. The lowest BCUT2D eigenvalue weighted by Crippen LogP contribution is -2.01. The smallest absolute Gasteiger partial charge is 0.133 e. The minimum absolute atomic E-state index is 0.00662. The van der Waals surface area contributed by atoms with Crippen molar-refractivity contribution in [2.24, 2.45) is 5.73 Å². The lowest BCUT2D eigenvalue weighted by molar-refractivity contribution is 0.281. The zero-order chi connectivity index (χ0) is 14.4. The molecular weight excluding hydrogens is 270 g/mol. The van der Waals surface area contributed by atoms with E-state index in [1.807, 2.05) is 36.4 Å². The van der Waals surface area contributed by atoms with Crippen molar-refractivity contribution >= 4 is 11.8 Å². The maximum Gasteiger partial charge on any atom is 0.133 e. The zero-order valence-electron chi connectivity index (χ0n) is 11.5. The monoisotopic (exact) mass is 289 g/mol. The Labute approximate surface area is 123 Å². The molecule has 2 rings (SSSR count). The Kier molecular flexibility index (Phi) is 5.47. The third-order valence-electron chi connectivity index (χ3n) is 2.90. The molecule has 20 heavy (non-hydrogen) atoms. The van der Waals surface area contributed by atoms with E-state index in [0.29, 0.717) is 12.3 Å². The van der Waals surface area contributed by atoms with E-state index >= 15 is 0 Å². The van der Waals surface area contributed by atoms with Gasteiger partial charge in [0.05, 0.1) is 6.61 Å². The lowest BCUT2D eigenvalue weighted by Gasteiger charge is -2.14. The van der Waals surface area contributed by atoms with Crippen LogP contribution in [0, 0.1) is 0 Å². The number of aliphatic hydroxyl groups excluding tert-OH is 1. The van der Waals surface area contributed by atoms with Crippen LogP contribution >= 0.6 is 11.8 Å². The van der Waals surface area contributed by atoms with Gasteiger partial charge in [-0.25, -0.2) is 0 Å². The van der Waals surface area contributed by atoms with Gasteiger partial charge in [-0.05, 0) is 35.6 Å². The average Bonchev–Trinajstić information content (AvgIpc) is 2.48. The molecule has 0 unspecified atom stereocenters. The van der Waals surface area contributed by atoms with Crippen LogP contribution in [0.5, 0.6) is 11.5 Å². The van der Waals surface area contributed by atoms with Crippen molar-refractivity contribution in [3.63, 3.8) is 0 Å². The molecule has 106 valence electrons. The first-order chi connectivity index (χ1) is 9.78. The Bertz CT molecular complexity index is 572. The van der Waals surface area contributed by atoms with Crippen molar-refractivity contribution < 1.29 is 9.84 Å². The minimum Gasteiger partial charge on any atom is -0.457 e. The number of rotatable bonds is 6. The quantitative estimate of drug-likeness (QED) is 0.799. The predicted octanol–water partition coefficient (Wildman–Crippen LogP) is 3.54. The van der Waals surface area contributed by atoms with Crippen molar-refractivity contribution in [3.05, 3.63) is 53.6 Å². The second-order valence-electron chi connectivity index (χ2n) is 4.28. The highest BCUT2D eigenvalue weighted by molar-refractivity contribution is 7.99. The molecule has 0 saturated heterocycles. The second kappa shape index (κ2) is 7.33. The van der Waals surface area contributed by atoms with Crippen molar-refractivity contribution in [1.82, 2.24) is 0 Å². The molecule has 2 aromatic rings. The van der Waals surface area contributed by atoms with E-state index in [0.717, 1.165) is 27.5 Å². The highest BCUT2D eigenvalue weighted by atomic mass is 32.2. The summed E-state index contributed by atoms with van der Waals surface area (Å²) in [7, 11) is 0. The first-order valence-corrected chi connectivity index (χ1v) is 7.59. The van der Waals surface area contributed by atoms with Crippen LogP contribution in [-0.4, -0.2) is 10.9 Å². The number of nitrogens with two attached hydrogens (primary N) is 1. The SMILES string of the molecule is CCSc1cccc(Oc2cccc(CO)c2)c1CN. The number of benzene rings is 2. The van der Waals surface area contributed by atoms with Crippen LogP contribution in [-0.2, 0) is 13.2 Å². The van der Waals surface area contributed by atoms with Gasteiger partial charge < -0.3 is 15.6 Å². The molecule has 0 amide bonds. The molecule has 0 aromatic heterocycles. The average molecular weight is 289 g/mol. The van der Waals surface area contributed by atoms with E-state index in [4.69, 9.17) is 15.6 Å². The standard InChI is InChI=1S/C16H19NO2S/c1-2-20-16-8-4-7-15(14(16)10-17)19-13-6-3-5-12(9-13)11-18/h3-9,18H,2,10-11,17H2,1H3. The summed E-state index contributed by atoms with van der Waals surface area (Å²) in [6.45, 7) is 2.56. The van der Waals surface area contributed by atoms with Crippen LogP contribution in [0.3, 0.4) is 0 Å². The van der Waals surface area contributed by atoms with Gasteiger partial charge in [0.25, 0.3) is 0 Å². The van der Waals surface area contributed by atoms with Crippen molar-refractivity contribution in [2.45, 2.75) is 25.0 Å². The Morgan fingerprint density at radius 1 is 1.20 bits per heavy atom. The summed E-state index contributed by atoms with van der Waals surface area (Å²) in [5, 5.41) is 9.16. The van der Waals surface area contributed by atoms with Gasteiger partial charge in [-0.2, -0.15) is 0 Å². The van der Waals surface area contributed by atoms with Crippen LogP contribution in [0.2, 0.25) is 0 Å². The van der Waals surface area contributed by atoms with Gasteiger partial charge in [0.1, 0.15) is 11.5 Å². The summed E-state index contributed by atoms with van der Waals surface area (Å²) < 4.78 is 5.93. The van der Waals surface area contributed by atoms with Gasteiger partial charge in [-0.3, -0.25) is 0 Å². The third kappa shape index (κ3) is 3.54. The number of hydrogen-bond acceptors (Lipinski definition) is 4. The minimum atomic E-state index is 0.00662. The van der Waals surface area contributed by atoms with Crippen molar-refractivity contribution in [2.75, 3.05) is 5.75 Å². The molecule has 0 aliphatic heterocycles. The van der Waals surface area contributed by atoms with E-state index in [-0.39, 0.29) is 6.61 Å². The van der Waals surface area contributed by atoms with Gasteiger partial charge >= 0.3 is 0 Å². The van der Waals surface area contributed by atoms with Gasteiger partial charge in [0.2, 0.25) is 0 Å². The Morgan fingerprint density at radius 3 is 2.70 bits per heavy atom. The normalized spacial score (nSPS) is 10.6.